The maximum atomic E-state index is 12.5. The second kappa shape index (κ2) is 7.64. The van der Waals surface area contributed by atoms with E-state index < -0.39 is 0 Å². The summed E-state index contributed by atoms with van der Waals surface area (Å²) in [7, 11) is 0. The first-order valence-corrected chi connectivity index (χ1v) is 11.2. The van der Waals surface area contributed by atoms with E-state index in [0.717, 1.165) is 42.5 Å². The Kier molecular flexibility index (Phi) is 4.63. The lowest BCUT2D eigenvalue weighted by Gasteiger charge is -2.26. The molecule has 2 saturated heterocycles. The lowest BCUT2D eigenvalue weighted by Crippen LogP contribution is -2.35. The van der Waals surface area contributed by atoms with Crippen molar-refractivity contribution in [2.45, 2.75) is 31.7 Å². The minimum absolute atomic E-state index is 0.286. The highest BCUT2D eigenvalue weighted by Gasteiger charge is 2.29. The van der Waals surface area contributed by atoms with Gasteiger partial charge in [-0.15, -0.1) is 0 Å². The van der Waals surface area contributed by atoms with Crippen LogP contribution >= 0.6 is 0 Å². The van der Waals surface area contributed by atoms with Crippen LogP contribution in [0.3, 0.4) is 0 Å². The molecular formula is C22H26N6O3. The summed E-state index contributed by atoms with van der Waals surface area (Å²) in [6.07, 6.45) is 5.91. The molecule has 1 amide bonds. The van der Waals surface area contributed by atoms with E-state index in [9.17, 15) is 4.79 Å². The number of anilines is 1. The molecule has 9 nitrogen and oxygen atoms in total. The molecule has 0 atom stereocenters. The molecule has 4 heterocycles. The van der Waals surface area contributed by atoms with Crippen LogP contribution < -0.4 is 4.90 Å². The van der Waals surface area contributed by atoms with E-state index in [-0.39, 0.29) is 6.04 Å². The van der Waals surface area contributed by atoms with Gasteiger partial charge in [0.05, 0.1) is 31.0 Å². The van der Waals surface area contributed by atoms with Crippen LogP contribution in [0, 0.1) is 5.92 Å². The van der Waals surface area contributed by atoms with Crippen molar-refractivity contribution < 1.29 is 14.1 Å². The molecular weight excluding hydrogens is 396 g/mol. The zero-order valence-electron chi connectivity index (χ0n) is 17.4. The molecule has 1 saturated carbocycles. The Hall–Kier alpha value is -2.94. The first-order valence-electron chi connectivity index (χ1n) is 11.2. The quantitative estimate of drug-likeness (QED) is 0.624. The van der Waals surface area contributed by atoms with Gasteiger partial charge in [0.2, 0.25) is 5.91 Å². The van der Waals surface area contributed by atoms with E-state index in [1.165, 1.54) is 12.8 Å². The van der Waals surface area contributed by atoms with Crippen LogP contribution in [-0.2, 0) is 9.53 Å². The SMILES string of the molecule is O=C(CC1CC1)N1CCCN(c2noc(-c3ccc4cnn(C5COC5)c4c3)n2)CC1. The predicted molar refractivity (Wildman–Crippen MR) is 114 cm³/mol. The van der Waals surface area contributed by atoms with Gasteiger partial charge in [0, 0.05) is 43.5 Å². The van der Waals surface area contributed by atoms with Crippen LogP contribution in [0.5, 0.6) is 0 Å². The number of hydrogen-bond donors (Lipinski definition) is 0. The smallest absolute Gasteiger partial charge is 0.266 e. The van der Waals surface area contributed by atoms with E-state index in [1.54, 1.807) is 0 Å². The number of hydrogen-bond acceptors (Lipinski definition) is 7. The summed E-state index contributed by atoms with van der Waals surface area (Å²) in [6.45, 7) is 4.45. The first-order chi connectivity index (χ1) is 15.2. The summed E-state index contributed by atoms with van der Waals surface area (Å²) in [6, 6.07) is 6.36. The van der Waals surface area contributed by atoms with Crippen molar-refractivity contribution in [3.05, 3.63) is 24.4 Å². The van der Waals surface area contributed by atoms with Crippen LogP contribution in [0.25, 0.3) is 22.4 Å². The fourth-order valence-electron chi connectivity index (χ4n) is 4.35. The molecule has 0 spiro atoms. The maximum absolute atomic E-state index is 12.5. The fourth-order valence-corrected chi connectivity index (χ4v) is 4.35. The lowest BCUT2D eigenvalue weighted by atomic mass is 10.1. The third-order valence-corrected chi connectivity index (χ3v) is 6.52. The van der Waals surface area contributed by atoms with Crippen molar-refractivity contribution in [2.24, 2.45) is 5.92 Å². The number of ether oxygens (including phenoxy) is 1. The Bertz CT molecular complexity index is 1100. The summed E-state index contributed by atoms with van der Waals surface area (Å²) in [5.74, 6) is 2.00. The van der Waals surface area contributed by atoms with Crippen LogP contribution in [0.1, 0.15) is 31.7 Å². The molecule has 6 rings (SSSR count). The molecule has 0 radical (unpaired) electrons. The van der Waals surface area contributed by atoms with E-state index >= 15 is 0 Å². The van der Waals surface area contributed by atoms with Crippen molar-refractivity contribution in [3.8, 4) is 11.5 Å². The van der Waals surface area contributed by atoms with E-state index in [2.05, 4.69) is 26.2 Å². The van der Waals surface area contributed by atoms with Gasteiger partial charge < -0.3 is 19.1 Å². The standard InChI is InChI=1S/C22H26N6O3/c29-20(10-15-2-3-15)26-6-1-7-27(9-8-26)22-24-21(31-25-22)16-4-5-17-12-23-28(19(17)11-16)18-13-30-14-18/h4-5,11-12,15,18H,1-3,6-10,13-14H2. The van der Waals surface area contributed by atoms with Gasteiger partial charge in [-0.2, -0.15) is 10.1 Å². The van der Waals surface area contributed by atoms with Crippen molar-refractivity contribution in [2.75, 3.05) is 44.3 Å². The highest BCUT2D eigenvalue weighted by Crippen LogP contribution is 2.33. The monoisotopic (exact) mass is 422 g/mol. The second-order valence-corrected chi connectivity index (χ2v) is 8.82. The molecule has 1 aliphatic carbocycles. The molecule has 31 heavy (non-hydrogen) atoms. The third-order valence-electron chi connectivity index (χ3n) is 6.52. The van der Waals surface area contributed by atoms with Crippen LogP contribution in [-0.4, -0.2) is 70.1 Å². The summed E-state index contributed by atoms with van der Waals surface area (Å²) < 4.78 is 12.9. The molecule has 2 aromatic heterocycles. The fraction of sp³-hybridized carbons (Fsp3) is 0.545. The minimum Gasteiger partial charge on any atom is -0.377 e. The van der Waals surface area contributed by atoms with Gasteiger partial charge in [-0.3, -0.25) is 9.48 Å². The number of rotatable bonds is 5. The van der Waals surface area contributed by atoms with Crippen molar-refractivity contribution in [1.82, 2.24) is 24.8 Å². The van der Waals surface area contributed by atoms with Gasteiger partial charge in [0.25, 0.3) is 11.8 Å². The van der Waals surface area contributed by atoms with Crippen molar-refractivity contribution in [3.63, 3.8) is 0 Å². The van der Waals surface area contributed by atoms with Crippen LogP contribution in [0.4, 0.5) is 5.95 Å². The largest absolute Gasteiger partial charge is 0.377 e. The Balaban J connectivity index is 1.18. The van der Waals surface area contributed by atoms with Gasteiger partial charge in [0.1, 0.15) is 0 Å². The molecule has 2 aliphatic heterocycles. The normalized spacial score (nSPS) is 20.1. The first kappa shape index (κ1) is 18.8. The summed E-state index contributed by atoms with van der Waals surface area (Å²) >= 11 is 0. The molecule has 3 fully saturated rings. The lowest BCUT2D eigenvalue weighted by molar-refractivity contribution is -0.131. The highest BCUT2D eigenvalue weighted by molar-refractivity contribution is 5.83. The van der Waals surface area contributed by atoms with Gasteiger partial charge in [0.15, 0.2) is 0 Å². The molecule has 0 N–H and O–H groups in total. The number of amides is 1. The van der Waals surface area contributed by atoms with E-state index in [1.807, 2.05) is 27.9 Å². The second-order valence-electron chi connectivity index (χ2n) is 8.82. The van der Waals surface area contributed by atoms with Gasteiger partial charge in [-0.25, -0.2) is 0 Å². The van der Waals surface area contributed by atoms with Crippen LogP contribution in [0.2, 0.25) is 0 Å². The Morgan fingerprint density at radius 3 is 2.84 bits per heavy atom. The number of fused-ring (bicyclic) bond motifs is 1. The van der Waals surface area contributed by atoms with Gasteiger partial charge >= 0.3 is 0 Å². The zero-order chi connectivity index (χ0) is 20.8. The predicted octanol–water partition coefficient (Wildman–Crippen LogP) is 2.50. The molecule has 1 aromatic carbocycles. The Morgan fingerprint density at radius 1 is 1.13 bits per heavy atom. The van der Waals surface area contributed by atoms with Gasteiger partial charge in [-0.1, -0.05) is 6.07 Å². The van der Waals surface area contributed by atoms with E-state index in [0.29, 0.717) is 49.8 Å². The van der Waals surface area contributed by atoms with Crippen molar-refractivity contribution >= 4 is 22.8 Å². The Morgan fingerprint density at radius 2 is 2.03 bits per heavy atom. The highest BCUT2D eigenvalue weighted by atomic mass is 16.5. The Labute approximate surface area is 179 Å². The number of carbonyl (C=O) groups excluding carboxylic acids is 1. The maximum Gasteiger partial charge on any atom is 0.266 e. The minimum atomic E-state index is 0.286. The van der Waals surface area contributed by atoms with E-state index in [4.69, 9.17) is 9.26 Å². The van der Waals surface area contributed by atoms with Crippen molar-refractivity contribution in [1.29, 1.82) is 0 Å². The van der Waals surface area contributed by atoms with Crippen LogP contribution in [0.15, 0.2) is 28.9 Å². The summed E-state index contributed by atoms with van der Waals surface area (Å²) in [4.78, 5) is 21.2. The number of nitrogens with zero attached hydrogens (tertiary/aromatic N) is 6. The summed E-state index contributed by atoms with van der Waals surface area (Å²) in [5, 5.41) is 9.83. The summed E-state index contributed by atoms with van der Waals surface area (Å²) in [5.41, 5.74) is 1.93. The molecule has 3 aromatic rings. The number of carbonyl (C=O) groups is 1. The third kappa shape index (κ3) is 3.67. The number of benzene rings is 1. The molecule has 0 unspecified atom stereocenters. The molecule has 3 aliphatic rings. The topological polar surface area (TPSA) is 89.5 Å². The average molecular weight is 422 g/mol. The molecule has 0 bridgehead atoms. The number of aromatic nitrogens is 4. The zero-order valence-corrected chi connectivity index (χ0v) is 17.4. The average Bonchev–Trinajstić information content (AvgIpc) is 3.35. The molecule has 9 heteroatoms. The molecule has 162 valence electrons. The van der Waals surface area contributed by atoms with Gasteiger partial charge in [-0.05, 0) is 42.5 Å².